The summed E-state index contributed by atoms with van der Waals surface area (Å²) >= 11 is 0. The van der Waals surface area contributed by atoms with Crippen LogP contribution in [-0.2, 0) is 25.8 Å². The summed E-state index contributed by atoms with van der Waals surface area (Å²) in [7, 11) is -3.14. The van der Waals surface area contributed by atoms with E-state index >= 15 is 0 Å². The van der Waals surface area contributed by atoms with Crippen LogP contribution in [0.15, 0.2) is 24.3 Å². The van der Waals surface area contributed by atoms with Crippen LogP contribution in [0.25, 0.3) is 0 Å². The lowest BCUT2D eigenvalue weighted by molar-refractivity contribution is -0.135. The molecule has 1 aromatic rings. The SMILES string of the molecule is Cc1cccc(CCC(=O)N2CCS(=O)(=O)C3COCCC32)c1. The first-order valence-electron chi connectivity index (χ1n) is 8.12. The summed E-state index contributed by atoms with van der Waals surface area (Å²) in [5.74, 6) is 0.103. The molecule has 2 aliphatic heterocycles. The first-order valence-corrected chi connectivity index (χ1v) is 9.83. The monoisotopic (exact) mass is 337 g/mol. The van der Waals surface area contributed by atoms with Gasteiger partial charge in [-0.05, 0) is 25.3 Å². The number of hydrogen-bond donors (Lipinski definition) is 0. The molecule has 1 amide bonds. The summed E-state index contributed by atoms with van der Waals surface area (Å²) in [4.78, 5) is 14.4. The standard InChI is InChI=1S/C17H23NO4S/c1-13-3-2-4-14(11-13)5-6-17(19)18-8-10-23(20,21)16-12-22-9-7-15(16)18/h2-4,11,15-16H,5-10,12H2,1H3. The maximum atomic E-state index is 12.6. The van der Waals surface area contributed by atoms with Crippen LogP contribution >= 0.6 is 0 Å². The number of sulfone groups is 1. The smallest absolute Gasteiger partial charge is 0.223 e. The second-order valence-electron chi connectivity index (χ2n) is 6.41. The topological polar surface area (TPSA) is 63.7 Å². The van der Waals surface area contributed by atoms with Crippen molar-refractivity contribution in [3.05, 3.63) is 35.4 Å². The van der Waals surface area contributed by atoms with Crippen LogP contribution in [0.5, 0.6) is 0 Å². The average Bonchev–Trinajstić information content (AvgIpc) is 2.53. The highest BCUT2D eigenvalue weighted by atomic mass is 32.2. The van der Waals surface area contributed by atoms with Gasteiger partial charge < -0.3 is 9.64 Å². The Bertz CT molecular complexity index is 686. The van der Waals surface area contributed by atoms with Crippen LogP contribution < -0.4 is 0 Å². The third-order valence-corrected chi connectivity index (χ3v) is 6.90. The summed E-state index contributed by atoms with van der Waals surface area (Å²) in [6.45, 7) is 3.09. The number of carbonyl (C=O) groups excluding carboxylic acids is 1. The van der Waals surface area contributed by atoms with E-state index in [0.29, 0.717) is 32.4 Å². The van der Waals surface area contributed by atoms with Gasteiger partial charge in [-0.1, -0.05) is 29.8 Å². The second kappa shape index (κ2) is 6.61. The first kappa shape index (κ1) is 16.5. The fourth-order valence-corrected chi connectivity index (χ4v) is 5.33. The Balaban J connectivity index is 1.67. The number of rotatable bonds is 3. The Morgan fingerprint density at radius 2 is 2.22 bits per heavy atom. The van der Waals surface area contributed by atoms with Gasteiger partial charge in [0.25, 0.3) is 0 Å². The summed E-state index contributed by atoms with van der Waals surface area (Å²) in [5, 5.41) is -0.548. The Morgan fingerprint density at radius 3 is 3.00 bits per heavy atom. The quantitative estimate of drug-likeness (QED) is 0.835. The lowest BCUT2D eigenvalue weighted by atomic mass is 10.0. The molecule has 126 valence electrons. The number of nitrogens with zero attached hydrogens (tertiary/aromatic N) is 1. The molecule has 2 aliphatic rings. The molecule has 1 aromatic carbocycles. The first-order chi connectivity index (χ1) is 11.0. The van der Waals surface area contributed by atoms with Gasteiger partial charge in [-0.3, -0.25) is 4.79 Å². The molecule has 23 heavy (non-hydrogen) atoms. The summed E-state index contributed by atoms with van der Waals surface area (Å²) in [5.41, 5.74) is 2.33. The normalized spacial score (nSPS) is 26.6. The Morgan fingerprint density at radius 1 is 1.39 bits per heavy atom. The molecule has 0 spiro atoms. The van der Waals surface area contributed by atoms with Gasteiger partial charge in [-0.15, -0.1) is 0 Å². The highest BCUT2D eigenvalue weighted by Crippen LogP contribution is 2.27. The third kappa shape index (κ3) is 3.58. The summed E-state index contributed by atoms with van der Waals surface area (Å²) < 4.78 is 29.7. The minimum atomic E-state index is -3.14. The Hall–Kier alpha value is -1.40. The molecule has 0 saturated carbocycles. The molecule has 2 saturated heterocycles. The maximum Gasteiger partial charge on any atom is 0.223 e. The predicted molar refractivity (Wildman–Crippen MR) is 88.0 cm³/mol. The van der Waals surface area contributed by atoms with E-state index in [2.05, 4.69) is 6.07 Å². The Labute approximate surface area is 137 Å². The van der Waals surface area contributed by atoms with Crippen molar-refractivity contribution in [2.75, 3.05) is 25.5 Å². The lowest BCUT2D eigenvalue weighted by Gasteiger charge is -2.43. The molecule has 5 nitrogen and oxygen atoms in total. The van der Waals surface area contributed by atoms with Crippen molar-refractivity contribution >= 4 is 15.7 Å². The molecule has 6 heteroatoms. The number of aryl methyl sites for hydroxylation is 2. The number of hydrogen-bond acceptors (Lipinski definition) is 4. The van der Waals surface area contributed by atoms with Gasteiger partial charge in [-0.25, -0.2) is 8.42 Å². The van der Waals surface area contributed by atoms with E-state index in [9.17, 15) is 13.2 Å². The number of fused-ring (bicyclic) bond motifs is 1. The van der Waals surface area contributed by atoms with Crippen molar-refractivity contribution in [2.24, 2.45) is 0 Å². The van der Waals surface area contributed by atoms with Crippen LogP contribution in [0.2, 0.25) is 0 Å². The third-order valence-electron chi connectivity index (χ3n) is 4.78. The summed E-state index contributed by atoms with van der Waals surface area (Å²) in [6.07, 6.45) is 1.73. The molecule has 3 rings (SSSR count). The van der Waals surface area contributed by atoms with Gasteiger partial charge in [-0.2, -0.15) is 0 Å². The van der Waals surface area contributed by atoms with E-state index in [4.69, 9.17) is 4.74 Å². The Kier molecular flexibility index (Phi) is 4.73. The zero-order chi connectivity index (χ0) is 16.4. The van der Waals surface area contributed by atoms with Crippen molar-refractivity contribution < 1.29 is 17.9 Å². The minimum absolute atomic E-state index is 0.0493. The average molecular weight is 337 g/mol. The van der Waals surface area contributed by atoms with Crippen molar-refractivity contribution in [3.8, 4) is 0 Å². The van der Waals surface area contributed by atoms with E-state index in [1.807, 2.05) is 25.1 Å². The van der Waals surface area contributed by atoms with E-state index < -0.39 is 15.1 Å². The van der Waals surface area contributed by atoms with Crippen LogP contribution in [0.4, 0.5) is 0 Å². The fourth-order valence-electron chi connectivity index (χ4n) is 3.52. The van der Waals surface area contributed by atoms with Crippen molar-refractivity contribution in [1.29, 1.82) is 0 Å². The second-order valence-corrected chi connectivity index (χ2v) is 8.75. The molecule has 2 atom stereocenters. The molecule has 0 aliphatic carbocycles. The largest absolute Gasteiger partial charge is 0.380 e. The molecule has 0 aromatic heterocycles. The molecule has 2 fully saturated rings. The number of ether oxygens (including phenoxy) is 1. The van der Waals surface area contributed by atoms with Crippen LogP contribution in [0.3, 0.4) is 0 Å². The van der Waals surface area contributed by atoms with Gasteiger partial charge in [0.1, 0.15) is 5.25 Å². The zero-order valence-electron chi connectivity index (χ0n) is 13.4. The highest BCUT2D eigenvalue weighted by Gasteiger charge is 2.44. The van der Waals surface area contributed by atoms with Gasteiger partial charge in [0.15, 0.2) is 9.84 Å². The lowest BCUT2D eigenvalue weighted by Crippen LogP contribution is -2.60. The molecular weight excluding hydrogens is 314 g/mol. The molecule has 0 N–H and O–H groups in total. The van der Waals surface area contributed by atoms with Gasteiger partial charge in [0.2, 0.25) is 5.91 Å². The van der Waals surface area contributed by atoms with Crippen LogP contribution in [-0.4, -0.2) is 56.0 Å². The number of benzene rings is 1. The number of carbonyl (C=O) groups is 1. The van der Waals surface area contributed by atoms with E-state index in [-0.39, 0.29) is 24.3 Å². The van der Waals surface area contributed by atoms with Crippen molar-refractivity contribution in [3.63, 3.8) is 0 Å². The summed E-state index contributed by atoms with van der Waals surface area (Å²) in [6, 6.07) is 7.93. The number of amides is 1. The minimum Gasteiger partial charge on any atom is -0.380 e. The van der Waals surface area contributed by atoms with E-state index in [1.165, 1.54) is 5.56 Å². The van der Waals surface area contributed by atoms with Crippen LogP contribution in [0.1, 0.15) is 24.0 Å². The predicted octanol–water partition coefficient (Wildman–Crippen LogP) is 1.34. The fraction of sp³-hybridized carbons (Fsp3) is 0.588. The molecule has 2 unspecified atom stereocenters. The van der Waals surface area contributed by atoms with E-state index in [0.717, 1.165) is 5.56 Å². The van der Waals surface area contributed by atoms with Crippen LogP contribution in [0, 0.1) is 6.92 Å². The highest BCUT2D eigenvalue weighted by molar-refractivity contribution is 7.92. The van der Waals surface area contributed by atoms with Crippen molar-refractivity contribution in [2.45, 2.75) is 37.5 Å². The van der Waals surface area contributed by atoms with Crippen molar-refractivity contribution in [1.82, 2.24) is 4.90 Å². The molecular formula is C17H23NO4S. The van der Waals surface area contributed by atoms with E-state index in [1.54, 1.807) is 4.90 Å². The van der Waals surface area contributed by atoms with Gasteiger partial charge >= 0.3 is 0 Å². The zero-order valence-corrected chi connectivity index (χ0v) is 14.2. The molecule has 0 radical (unpaired) electrons. The molecule has 0 bridgehead atoms. The molecule has 2 heterocycles. The van der Waals surface area contributed by atoms with Gasteiger partial charge in [0.05, 0.1) is 18.4 Å². The van der Waals surface area contributed by atoms with Gasteiger partial charge in [0, 0.05) is 19.6 Å². The maximum absolute atomic E-state index is 12.6.